The van der Waals surface area contributed by atoms with E-state index in [0.717, 1.165) is 16.9 Å². The second-order valence-electron chi connectivity index (χ2n) is 8.27. The number of thiocarbonyl (C=S) groups is 1. The molecule has 2 aromatic heterocycles. The van der Waals surface area contributed by atoms with Gasteiger partial charge >= 0.3 is 0 Å². The Balaban J connectivity index is 1.60. The first-order valence-corrected chi connectivity index (χ1v) is 11.3. The van der Waals surface area contributed by atoms with Gasteiger partial charge in [-0.25, -0.2) is 0 Å². The van der Waals surface area contributed by atoms with Crippen LogP contribution in [0.25, 0.3) is 11.3 Å². The highest BCUT2D eigenvalue weighted by atomic mass is 32.1. The van der Waals surface area contributed by atoms with Gasteiger partial charge in [-0.1, -0.05) is 24.3 Å². The fourth-order valence-corrected chi connectivity index (χ4v) is 4.58. The van der Waals surface area contributed by atoms with E-state index >= 15 is 0 Å². The Morgan fingerprint density at radius 2 is 1.88 bits per heavy atom. The van der Waals surface area contributed by atoms with Crippen LogP contribution in [0.2, 0.25) is 0 Å². The number of hydrogen-bond donors (Lipinski definition) is 1. The number of rotatable bonds is 5. The predicted octanol–water partition coefficient (Wildman–Crippen LogP) is 6.04. The number of anilines is 1. The van der Waals surface area contributed by atoms with Crippen molar-refractivity contribution in [3.05, 3.63) is 112 Å². The van der Waals surface area contributed by atoms with Gasteiger partial charge in [0.25, 0.3) is 5.69 Å². The van der Waals surface area contributed by atoms with E-state index in [1.54, 1.807) is 18.3 Å². The van der Waals surface area contributed by atoms with Gasteiger partial charge in [-0.15, -0.1) is 0 Å². The topological polar surface area (TPSA) is 84.4 Å². The number of nitrogens with one attached hydrogen (secondary N) is 1. The van der Waals surface area contributed by atoms with Gasteiger partial charge in [0.05, 0.1) is 16.7 Å². The molecule has 34 heavy (non-hydrogen) atoms. The summed E-state index contributed by atoms with van der Waals surface area (Å²) in [6.07, 6.45) is 1.76. The maximum absolute atomic E-state index is 11.2. The Bertz CT molecular complexity index is 1390. The molecule has 1 N–H and O–H groups in total. The third-order valence-electron chi connectivity index (χ3n) is 6.13. The Hall–Kier alpha value is -4.04. The molecular formula is C26H22N4O3S. The molecule has 1 aliphatic rings. The van der Waals surface area contributed by atoms with Crippen LogP contribution in [0.1, 0.15) is 34.7 Å². The Kier molecular flexibility index (Phi) is 5.59. The third-order valence-corrected chi connectivity index (χ3v) is 6.44. The van der Waals surface area contributed by atoms with Crippen LogP contribution in [0.5, 0.6) is 0 Å². The average Bonchev–Trinajstić information content (AvgIpc) is 3.46. The van der Waals surface area contributed by atoms with Crippen LogP contribution in [0.4, 0.5) is 11.4 Å². The number of benzene rings is 2. The molecule has 0 unspecified atom stereocenters. The highest BCUT2D eigenvalue weighted by Gasteiger charge is 2.42. The quantitative estimate of drug-likeness (QED) is 0.216. The molecule has 0 spiro atoms. The molecule has 1 saturated heterocycles. The number of pyridine rings is 1. The van der Waals surface area contributed by atoms with Gasteiger partial charge in [-0.05, 0) is 73.6 Å². The summed E-state index contributed by atoms with van der Waals surface area (Å²) in [6, 6.07) is 21.7. The molecule has 2 aromatic carbocycles. The van der Waals surface area contributed by atoms with E-state index in [1.165, 1.54) is 17.7 Å². The lowest BCUT2D eigenvalue weighted by atomic mass is 10.0. The van der Waals surface area contributed by atoms with Gasteiger partial charge < -0.3 is 14.6 Å². The molecule has 4 aromatic rings. The Labute approximate surface area is 202 Å². The van der Waals surface area contributed by atoms with Crippen LogP contribution >= 0.6 is 12.2 Å². The summed E-state index contributed by atoms with van der Waals surface area (Å²) in [5, 5.41) is 15.2. The molecule has 0 bridgehead atoms. The van der Waals surface area contributed by atoms with Crippen molar-refractivity contribution in [2.75, 3.05) is 4.90 Å². The van der Waals surface area contributed by atoms with Gasteiger partial charge in [0, 0.05) is 29.6 Å². The summed E-state index contributed by atoms with van der Waals surface area (Å²) >= 11 is 5.77. The first-order valence-electron chi connectivity index (χ1n) is 10.8. The predicted molar refractivity (Wildman–Crippen MR) is 135 cm³/mol. The maximum atomic E-state index is 11.2. The lowest BCUT2D eigenvalue weighted by molar-refractivity contribution is -0.384. The van der Waals surface area contributed by atoms with E-state index < -0.39 is 4.92 Å². The minimum Gasteiger partial charge on any atom is -0.459 e. The molecule has 170 valence electrons. The van der Waals surface area contributed by atoms with E-state index in [0.29, 0.717) is 22.2 Å². The SMILES string of the molecule is Cc1ccc(N2C(=S)N[C@@H](c3ccccn3)[C@@H]2c2ccc(-c3cccc([N+](=O)[O-])c3)o2)cc1C. The van der Waals surface area contributed by atoms with E-state index in [9.17, 15) is 10.1 Å². The van der Waals surface area contributed by atoms with E-state index in [2.05, 4.69) is 47.2 Å². The molecule has 0 radical (unpaired) electrons. The lowest BCUT2D eigenvalue weighted by Gasteiger charge is -2.26. The van der Waals surface area contributed by atoms with Crippen molar-refractivity contribution in [3.8, 4) is 11.3 Å². The first-order chi connectivity index (χ1) is 16.4. The van der Waals surface area contributed by atoms with Gasteiger partial charge in [-0.3, -0.25) is 15.1 Å². The van der Waals surface area contributed by atoms with Crippen LogP contribution in [0, 0.1) is 24.0 Å². The number of aromatic nitrogens is 1. The monoisotopic (exact) mass is 470 g/mol. The summed E-state index contributed by atoms with van der Waals surface area (Å²) in [6.45, 7) is 4.15. The summed E-state index contributed by atoms with van der Waals surface area (Å²) in [7, 11) is 0. The standard InChI is InChI=1S/C26H22N4O3S/c1-16-9-10-19(14-17(16)2)29-25(24(28-26(29)34)21-8-3-4-13-27-21)23-12-11-22(33-23)18-6-5-7-20(15-18)30(31)32/h3-15,24-25H,1-2H3,(H,28,34)/t24-,25-/m0/s1. The van der Waals surface area contributed by atoms with Crippen LogP contribution < -0.4 is 10.2 Å². The smallest absolute Gasteiger partial charge is 0.270 e. The van der Waals surface area contributed by atoms with Crippen LogP contribution in [0.3, 0.4) is 0 Å². The zero-order valence-electron chi connectivity index (χ0n) is 18.6. The van der Waals surface area contributed by atoms with E-state index in [-0.39, 0.29) is 17.8 Å². The van der Waals surface area contributed by atoms with Gasteiger partial charge in [0.15, 0.2) is 5.11 Å². The minimum atomic E-state index is -0.411. The molecule has 0 amide bonds. The van der Waals surface area contributed by atoms with E-state index in [4.69, 9.17) is 16.6 Å². The largest absolute Gasteiger partial charge is 0.459 e. The Morgan fingerprint density at radius 3 is 2.62 bits per heavy atom. The summed E-state index contributed by atoms with van der Waals surface area (Å²) in [4.78, 5) is 17.4. The van der Waals surface area contributed by atoms with Gasteiger partial charge in [0.2, 0.25) is 0 Å². The fourth-order valence-electron chi connectivity index (χ4n) is 4.24. The minimum absolute atomic E-state index is 0.0160. The number of hydrogen-bond acceptors (Lipinski definition) is 5. The molecular weight excluding hydrogens is 448 g/mol. The second-order valence-corrected chi connectivity index (χ2v) is 8.66. The Morgan fingerprint density at radius 1 is 1.03 bits per heavy atom. The number of nitro benzene ring substituents is 1. The molecule has 3 heterocycles. The number of furan rings is 1. The van der Waals surface area contributed by atoms with Crippen molar-refractivity contribution >= 4 is 28.7 Å². The number of nitrogens with zero attached hydrogens (tertiary/aromatic N) is 3. The molecule has 8 heteroatoms. The lowest BCUT2D eigenvalue weighted by Crippen LogP contribution is -2.29. The van der Waals surface area contributed by atoms with Crippen molar-refractivity contribution in [2.24, 2.45) is 0 Å². The van der Waals surface area contributed by atoms with Crippen molar-refractivity contribution in [1.29, 1.82) is 0 Å². The zero-order valence-corrected chi connectivity index (χ0v) is 19.5. The van der Waals surface area contributed by atoms with Crippen molar-refractivity contribution in [3.63, 3.8) is 0 Å². The molecule has 7 nitrogen and oxygen atoms in total. The highest BCUT2D eigenvalue weighted by Crippen LogP contribution is 2.43. The molecule has 1 aliphatic heterocycles. The van der Waals surface area contributed by atoms with Gasteiger partial charge in [0.1, 0.15) is 17.6 Å². The molecule has 1 fully saturated rings. The maximum Gasteiger partial charge on any atom is 0.270 e. The highest BCUT2D eigenvalue weighted by molar-refractivity contribution is 7.80. The molecule has 0 aliphatic carbocycles. The first kappa shape index (κ1) is 21.8. The summed E-state index contributed by atoms with van der Waals surface area (Å²) < 4.78 is 6.30. The fraction of sp³-hybridized carbons (Fsp3) is 0.154. The number of nitro groups is 1. The molecule has 0 saturated carbocycles. The van der Waals surface area contributed by atoms with Crippen LogP contribution in [-0.4, -0.2) is 15.0 Å². The zero-order chi connectivity index (χ0) is 23.8. The van der Waals surface area contributed by atoms with Crippen molar-refractivity contribution in [2.45, 2.75) is 25.9 Å². The normalized spacial score (nSPS) is 17.6. The summed E-state index contributed by atoms with van der Waals surface area (Å²) in [5.74, 6) is 1.24. The number of aryl methyl sites for hydroxylation is 2. The van der Waals surface area contributed by atoms with Crippen molar-refractivity contribution < 1.29 is 9.34 Å². The van der Waals surface area contributed by atoms with Crippen LogP contribution in [0.15, 0.2) is 83.4 Å². The third kappa shape index (κ3) is 3.92. The van der Waals surface area contributed by atoms with Crippen LogP contribution in [-0.2, 0) is 0 Å². The van der Waals surface area contributed by atoms with Gasteiger partial charge in [-0.2, -0.15) is 0 Å². The van der Waals surface area contributed by atoms with Crippen molar-refractivity contribution in [1.82, 2.24) is 10.3 Å². The summed E-state index contributed by atoms with van der Waals surface area (Å²) in [5.41, 5.74) is 4.82. The second kappa shape index (κ2) is 8.72. The molecule has 5 rings (SSSR count). The average molecular weight is 471 g/mol. The number of non-ortho nitro benzene ring substituents is 1. The van der Waals surface area contributed by atoms with E-state index in [1.807, 2.05) is 30.3 Å². The molecule has 2 atom stereocenters.